The van der Waals surface area contributed by atoms with Gasteiger partial charge < -0.3 is 20.5 Å². The number of imidazole rings is 1. The van der Waals surface area contributed by atoms with Gasteiger partial charge in [0, 0.05) is 50.9 Å². The third-order valence-corrected chi connectivity index (χ3v) is 5.47. The van der Waals surface area contributed by atoms with E-state index in [9.17, 15) is 9.59 Å². The van der Waals surface area contributed by atoms with Gasteiger partial charge in [-0.3, -0.25) is 4.79 Å². The fourth-order valence-electron chi connectivity index (χ4n) is 3.83. The van der Waals surface area contributed by atoms with Crippen LogP contribution in [0.2, 0.25) is 0 Å². The standard InChI is InChI=1S/C23H33N5O2/c29-22(12-7-14-26-23(30)27-20-10-5-2-6-11-20)25-15-13-21-24-16-17-28(21)18-19-8-3-1-4-9-19/h1,3-4,8-9,16-17,20H,2,5-7,10-15,18H2,(H,25,29)(H2,26,27,30). The van der Waals surface area contributed by atoms with Gasteiger partial charge in [0.25, 0.3) is 0 Å². The summed E-state index contributed by atoms with van der Waals surface area (Å²) in [4.78, 5) is 28.3. The van der Waals surface area contributed by atoms with Crippen LogP contribution >= 0.6 is 0 Å². The Kier molecular flexibility index (Phi) is 8.75. The van der Waals surface area contributed by atoms with E-state index >= 15 is 0 Å². The second-order valence-corrected chi connectivity index (χ2v) is 7.90. The molecule has 1 aliphatic carbocycles. The van der Waals surface area contributed by atoms with Crippen molar-refractivity contribution in [1.29, 1.82) is 0 Å². The number of amides is 3. The SMILES string of the molecule is O=C(CCCNC(=O)NC1CCCCC1)NCCc1nccn1Cc1ccccc1. The van der Waals surface area contributed by atoms with Crippen molar-refractivity contribution in [2.75, 3.05) is 13.1 Å². The highest BCUT2D eigenvalue weighted by Crippen LogP contribution is 2.17. The number of benzene rings is 1. The van der Waals surface area contributed by atoms with Crippen LogP contribution in [0, 0.1) is 0 Å². The van der Waals surface area contributed by atoms with E-state index in [0.717, 1.165) is 25.2 Å². The highest BCUT2D eigenvalue weighted by Gasteiger charge is 2.15. The highest BCUT2D eigenvalue weighted by molar-refractivity contribution is 5.76. The van der Waals surface area contributed by atoms with Crippen molar-refractivity contribution in [3.8, 4) is 0 Å². The molecule has 0 spiro atoms. The van der Waals surface area contributed by atoms with Crippen LogP contribution in [0.4, 0.5) is 4.79 Å². The summed E-state index contributed by atoms with van der Waals surface area (Å²) in [6.45, 7) is 1.84. The van der Waals surface area contributed by atoms with Crippen molar-refractivity contribution in [2.45, 2.75) is 64.0 Å². The number of aromatic nitrogens is 2. The highest BCUT2D eigenvalue weighted by atomic mass is 16.2. The molecule has 1 saturated carbocycles. The summed E-state index contributed by atoms with van der Waals surface area (Å²) >= 11 is 0. The molecule has 162 valence electrons. The Labute approximate surface area is 178 Å². The number of carbonyl (C=O) groups is 2. The Balaban J connectivity index is 1.26. The first-order chi connectivity index (χ1) is 14.7. The Hall–Kier alpha value is -2.83. The van der Waals surface area contributed by atoms with Crippen LogP contribution in [0.3, 0.4) is 0 Å². The topological polar surface area (TPSA) is 88.1 Å². The van der Waals surface area contributed by atoms with Crippen LogP contribution in [0.25, 0.3) is 0 Å². The predicted octanol–water partition coefficient (Wildman–Crippen LogP) is 3.00. The minimum absolute atomic E-state index is 0.00524. The number of carbonyl (C=O) groups excluding carboxylic acids is 2. The average Bonchev–Trinajstić information content (AvgIpc) is 3.19. The van der Waals surface area contributed by atoms with Gasteiger partial charge in [0.1, 0.15) is 5.82 Å². The van der Waals surface area contributed by atoms with Crippen molar-refractivity contribution in [3.63, 3.8) is 0 Å². The summed E-state index contributed by atoms with van der Waals surface area (Å²) in [5.41, 5.74) is 1.22. The number of rotatable bonds is 10. The van der Waals surface area contributed by atoms with Crippen molar-refractivity contribution in [3.05, 3.63) is 54.1 Å². The van der Waals surface area contributed by atoms with Crippen molar-refractivity contribution in [2.24, 2.45) is 0 Å². The zero-order valence-corrected chi connectivity index (χ0v) is 17.6. The molecule has 3 N–H and O–H groups in total. The smallest absolute Gasteiger partial charge is 0.315 e. The van der Waals surface area contributed by atoms with E-state index in [1.54, 1.807) is 6.20 Å². The van der Waals surface area contributed by atoms with Gasteiger partial charge in [-0.15, -0.1) is 0 Å². The monoisotopic (exact) mass is 411 g/mol. The molecule has 1 aromatic heterocycles. The van der Waals surface area contributed by atoms with Gasteiger partial charge in [-0.2, -0.15) is 0 Å². The maximum Gasteiger partial charge on any atom is 0.315 e. The molecule has 1 aromatic carbocycles. The molecule has 0 saturated heterocycles. The van der Waals surface area contributed by atoms with Crippen LogP contribution < -0.4 is 16.0 Å². The van der Waals surface area contributed by atoms with E-state index in [4.69, 9.17) is 0 Å². The van der Waals surface area contributed by atoms with Crippen LogP contribution in [-0.4, -0.2) is 40.6 Å². The van der Waals surface area contributed by atoms with Gasteiger partial charge in [-0.1, -0.05) is 49.6 Å². The molecule has 2 aromatic rings. The fourth-order valence-corrected chi connectivity index (χ4v) is 3.83. The minimum Gasteiger partial charge on any atom is -0.356 e. The number of nitrogens with one attached hydrogen (secondary N) is 3. The van der Waals surface area contributed by atoms with Gasteiger partial charge in [-0.05, 0) is 24.8 Å². The Morgan fingerprint density at radius 2 is 1.83 bits per heavy atom. The molecule has 0 unspecified atom stereocenters. The van der Waals surface area contributed by atoms with Gasteiger partial charge in [-0.25, -0.2) is 9.78 Å². The van der Waals surface area contributed by atoms with Crippen molar-refractivity contribution >= 4 is 11.9 Å². The molecule has 0 aliphatic heterocycles. The van der Waals surface area contributed by atoms with Crippen molar-refractivity contribution in [1.82, 2.24) is 25.5 Å². The molecule has 1 fully saturated rings. The number of nitrogens with zero attached hydrogens (tertiary/aromatic N) is 2. The molecule has 3 amide bonds. The van der Waals surface area contributed by atoms with Gasteiger partial charge >= 0.3 is 6.03 Å². The third-order valence-electron chi connectivity index (χ3n) is 5.47. The van der Waals surface area contributed by atoms with Gasteiger partial charge in [0.05, 0.1) is 0 Å². The molecule has 0 radical (unpaired) electrons. The number of hydrogen-bond acceptors (Lipinski definition) is 3. The predicted molar refractivity (Wildman–Crippen MR) is 117 cm³/mol. The molecule has 1 heterocycles. The summed E-state index contributed by atoms with van der Waals surface area (Å²) in [6, 6.07) is 10.4. The second kappa shape index (κ2) is 12.0. The summed E-state index contributed by atoms with van der Waals surface area (Å²) in [7, 11) is 0. The molecule has 1 aliphatic rings. The Morgan fingerprint density at radius 3 is 2.63 bits per heavy atom. The lowest BCUT2D eigenvalue weighted by Crippen LogP contribution is -2.43. The van der Waals surface area contributed by atoms with E-state index < -0.39 is 0 Å². The molecule has 0 bridgehead atoms. The minimum atomic E-state index is -0.118. The van der Waals surface area contributed by atoms with Crippen LogP contribution in [0.1, 0.15) is 56.3 Å². The molecule has 3 rings (SSSR count). The van der Waals surface area contributed by atoms with E-state index in [-0.39, 0.29) is 11.9 Å². The first-order valence-electron chi connectivity index (χ1n) is 11.1. The lowest BCUT2D eigenvalue weighted by atomic mass is 9.96. The normalized spacial score (nSPS) is 14.3. The Bertz CT molecular complexity index is 784. The largest absolute Gasteiger partial charge is 0.356 e. The van der Waals surface area contributed by atoms with Crippen LogP contribution in [0.5, 0.6) is 0 Å². The van der Waals surface area contributed by atoms with Gasteiger partial charge in [0.2, 0.25) is 5.91 Å². The first-order valence-corrected chi connectivity index (χ1v) is 11.1. The molecule has 30 heavy (non-hydrogen) atoms. The van der Waals surface area contributed by atoms with Crippen molar-refractivity contribution < 1.29 is 9.59 Å². The molecular weight excluding hydrogens is 378 g/mol. The van der Waals surface area contributed by atoms with Crippen LogP contribution in [-0.2, 0) is 17.8 Å². The third kappa shape index (κ3) is 7.54. The Morgan fingerprint density at radius 1 is 1.03 bits per heavy atom. The molecule has 7 heteroatoms. The molecule has 0 atom stereocenters. The quantitative estimate of drug-likeness (QED) is 0.525. The van der Waals surface area contributed by atoms with E-state index in [0.29, 0.717) is 38.4 Å². The first kappa shape index (κ1) is 21.9. The summed E-state index contributed by atoms with van der Waals surface area (Å²) in [6.07, 6.45) is 11.3. The van der Waals surface area contributed by atoms with Gasteiger partial charge in [0.15, 0.2) is 0 Å². The zero-order valence-electron chi connectivity index (χ0n) is 17.6. The average molecular weight is 412 g/mol. The van der Waals surface area contributed by atoms with Crippen LogP contribution in [0.15, 0.2) is 42.7 Å². The lowest BCUT2D eigenvalue weighted by Gasteiger charge is -2.22. The lowest BCUT2D eigenvalue weighted by molar-refractivity contribution is -0.121. The maximum atomic E-state index is 12.0. The maximum absolute atomic E-state index is 12.0. The number of hydrogen-bond donors (Lipinski definition) is 3. The fraction of sp³-hybridized carbons (Fsp3) is 0.522. The van der Waals surface area contributed by atoms with E-state index in [1.807, 2.05) is 24.4 Å². The number of urea groups is 1. The summed E-state index contributed by atoms with van der Waals surface area (Å²) < 4.78 is 2.11. The second-order valence-electron chi connectivity index (χ2n) is 7.90. The summed E-state index contributed by atoms with van der Waals surface area (Å²) in [5.74, 6) is 0.964. The molecule has 7 nitrogen and oxygen atoms in total. The summed E-state index contributed by atoms with van der Waals surface area (Å²) in [5, 5.41) is 8.82. The zero-order chi connectivity index (χ0) is 21.0. The van der Waals surface area contributed by atoms with E-state index in [2.05, 4.69) is 37.6 Å². The molecular formula is C23H33N5O2. The van der Waals surface area contributed by atoms with E-state index in [1.165, 1.54) is 24.8 Å².